The molecule has 1 aromatic rings. The minimum atomic E-state index is -0.0824. The highest BCUT2D eigenvalue weighted by atomic mass is 35.5. The largest absolute Gasteiger partial charge is 0.339 e. The Bertz CT molecular complexity index is 797. The fraction of sp³-hybridized carbons (Fsp3) is 0.652. The zero-order valence-corrected chi connectivity index (χ0v) is 18.2. The van der Waals surface area contributed by atoms with Crippen LogP contribution in [0.4, 0.5) is 0 Å². The first-order valence-electron chi connectivity index (χ1n) is 10.9. The lowest BCUT2D eigenvalue weighted by Gasteiger charge is -2.57. The second-order valence-electron chi connectivity index (χ2n) is 9.80. The van der Waals surface area contributed by atoms with Gasteiger partial charge in [-0.1, -0.05) is 29.3 Å². The molecule has 1 saturated heterocycles. The van der Waals surface area contributed by atoms with Crippen LogP contribution in [0.15, 0.2) is 18.2 Å². The molecule has 2 amide bonds. The quantitative estimate of drug-likeness (QED) is 0.705. The summed E-state index contributed by atoms with van der Waals surface area (Å²) >= 11 is 12.0. The van der Waals surface area contributed by atoms with Crippen LogP contribution < -0.4 is 0 Å². The van der Waals surface area contributed by atoms with E-state index in [0.29, 0.717) is 48.6 Å². The van der Waals surface area contributed by atoms with Gasteiger partial charge in [-0.2, -0.15) is 0 Å². The average Bonchev–Trinajstić information content (AvgIpc) is 2.69. The molecule has 6 rings (SSSR count). The standard InChI is InChI=1S/C23H28Cl2N2O2/c24-19-2-1-15(10-20(19)25)11-21(28)26-3-5-27(6-4-26)22(29)23-12-16-7-17(13-23)9-18(8-16)14-23/h1-2,10,16-18H,3-9,11-14H2. The fourth-order valence-electron chi connectivity index (χ4n) is 6.80. The van der Waals surface area contributed by atoms with Gasteiger partial charge in [0.15, 0.2) is 0 Å². The molecule has 0 aromatic heterocycles. The van der Waals surface area contributed by atoms with Gasteiger partial charge in [0.1, 0.15) is 0 Å². The molecular weight excluding hydrogens is 407 g/mol. The van der Waals surface area contributed by atoms with Crippen molar-refractivity contribution in [3.63, 3.8) is 0 Å². The highest BCUT2D eigenvalue weighted by molar-refractivity contribution is 6.42. The van der Waals surface area contributed by atoms with Crippen LogP contribution in [0.25, 0.3) is 0 Å². The second-order valence-corrected chi connectivity index (χ2v) is 10.6. The molecule has 1 aliphatic heterocycles. The third kappa shape index (κ3) is 3.67. The Labute approximate surface area is 182 Å². The SMILES string of the molecule is O=C(Cc1ccc(Cl)c(Cl)c1)N1CCN(C(=O)C23CC4CC(CC(C4)C2)C3)CC1. The number of carbonyl (C=O) groups is 2. The Hall–Kier alpha value is -1.26. The molecule has 4 bridgehead atoms. The van der Waals surface area contributed by atoms with Crippen molar-refractivity contribution < 1.29 is 9.59 Å². The summed E-state index contributed by atoms with van der Waals surface area (Å²) < 4.78 is 0. The predicted octanol–water partition coefficient (Wildman–Crippen LogP) is 4.42. The molecule has 156 valence electrons. The molecule has 0 N–H and O–H groups in total. The van der Waals surface area contributed by atoms with Gasteiger partial charge < -0.3 is 9.80 Å². The van der Waals surface area contributed by atoms with Gasteiger partial charge in [0, 0.05) is 26.2 Å². The molecule has 6 heteroatoms. The van der Waals surface area contributed by atoms with Gasteiger partial charge in [0.25, 0.3) is 0 Å². The van der Waals surface area contributed by atoms with Crippen molar-refractivity contribution >= 4 is 35.0 Å². The van der Waals surface area contributed by atoms with Crippen LogP contribution >= 0.6 is 23.2 Å². The van der Waals surface area contributed by atoms with E-state index in [1.165, 1.54) is 19.3 Å². The second kappa shape index (κ2) is 7.46. The average molecular weight is 435 g/mol. The summed E-state index contributed by atoms with van der Waals surface area (Å²) in [6, 6.07) is 5.34. The normalized spacial score (nSPS) is 33.2. The lowest BCUT2D eigenvalue weighted by molar-refractivity contribution is -0.160. The van der Waals surface area contributed by atoms with Crippen LogP contribution in [0.1, 0.15) is 44.1 Å². The summed E-state index contributed by atoms with van der Waals surface area (Å²) in [5.74, 6) is 2.80. The van der Waals surface area contributed by atoms with Gasteiger partial charge in [0.05, 0.1) is 21.9 Å². The molecule has 0 radical (unpaired) electrons. The number of hydrogen-bond acceptors (Lipinski definition) is 2. The Balaban J connectivity index is 1.19. The van der Waals surface area contributed by atoms with Crippen molar-refractivity contribution in [3.05, 3.63) is 33.8 Å². The van der Waals surface area contributed by atoms with Crippen molar-refractivity contribution in [2.45, 2.75) is 44.9 Å². The third-order valence-electron chi connectivity index (χ3n) is 7.75. The van der Waals surface area contributed by atoms with Crippen molar-refractivity contribution in [2.24, 2.45) is 23.2 Å². The molecule has 0 atom stereocenters. The highest BCUT2D eigenvalue weighted by Gasteiger charge is 2.55. The van der Waals surface area contributed by atoms with Crippen molar-refractivity contribution in [1.29, 1.82) is 0 Å². The number of rotatable bonds is 3. The van der Waals surface area contributed by atoms with Crippen LogP contribution in [0.2, 0.25) is 10.0 Å². The Morgan fingerprint density at radius 2 is 1.41 bits per heavy atom. The lowest BCUT2D eigenvalue weighted by atomic mass is 9.49. The van der Waals surface area contributed by atoms with Crippen molar-refractivity contribution in [1.82, 2.24) is 9.80 Å². The van der Waals surface area contributed by atoms with E-state index in [0.717, 1.165) is 42.6 Å². The number of carbonyl (C=O) groups excluding carboxylic acids is 2. The first-order valence-corrected chi connectivity index (χ1v) is 11.7. The maximum absolute atomic E-state index is 13.5. The van der Waals surface area contributed by atoms with Gasteiger partial charge in [-0.25, -0.2) is 0 Å². The predicted molar refractivity (Wildman–Crippen MR) is 114 cm³/mol. The van der Waals surface area contributed by atoms with E-state index in [1.54, 1.807) is 12.1 Å². The van der Waals surface area contributed by atoms with Gasteiger partial charge in [-0.05, 0) is 74.0 Å². The first kappa shape index (κ1) is 19.7. The van der Waals surface area contributed by atoms with E-state index in [4.69, 9.17) is 23.2 Å². The smallest absolute Gasteiger partial charge is 0.228 e. The van der Waals surface area contributed by atoms with Crippen LogP contribution in [0.3, 0.4) is 0 Å². The number of benzene rings is 1. The topological polar surface area (TPSA) is 40.6 Å². The van der Waals surface area contributed by atoms with E-state index in [9.17, 15) is 9.59 Å². The van der Waals surface area contributed by atoms with E-state index >= 15 is 0 Å². The lowest BCUT2D eigenvalue weighted by Crippen LogP contribution is -2.58. The molecule has 4 nitrogen and oxygen atoms in total. The molecule has 0 unspecified atom stereocenters. The zero-order chi connectivity index (χ0) is 20.2. The number of amides is 2. The van der Waals surface area contributed by atoms with Crippen LogP contribution in [-0.2, 0) is 16.0 Å². The van der Waals surface area contributed by atoms with E-state index in [1.807, 2.05) is 11.0 Å². The van der Waals surface area contributed by atoms with E-state index in [-0.39, 0.29) is 11.3 Å². The maximum atomic E-state index is 13.5. The minimum absolute atomic E-state index is 0.0824. The molecule has 1 aromatic carbocycles. The molecule has 4 aliphatic carbocycles. The summed E-state index contributed by atoms with van der Waals surface area (Å²) in [4.78, 5) is 30.1. The number of halogens is 2. The van der Waals surface area contributed by atoms with Gasteiger partial charge in [0.2, 0.25) is 11.8 Å². The number of hydrogen-bond donors (Lipinski definition) is 0. The number of nitrogens with zero attached hydrogens (tertiary/aromatic N) is 2. The molecule has 0 spiro atoms. The zero-order valence-electron chi connectivity index (χ0n) is 16.7. The van der Waals surface area contributed by atoms with E-state index < -0.39 is 0 Å². The van der Waals surface area contributed by atoms with Gasteiger partial charge >= 0.3 is 0 Å². The van der Waals surface area contributed by atoms with Crippen LogP contribution in [0.5, 0.6) is 0 Å². The first-order chi connectivity index (χ1) is 13.9. The summed E-state index contributed by atoms with van der Waals surface area (Å²) in [5.41, 5.74) is 0.789. The molecular formula is C23H28Cl2N2O2. The van der Waals surface area contributed by atoms with E-state index in [2.05, 4.69) is 4.90 Å². The van der Waals surface area contributed by atoms with Gasteiger partial charge in [-0.3, -0.25) is 9.59 Å². The molecule has 4 saturated carbocycles. The van der Waals surface area contributed by atoms with Gasteiger partial charge in [-0.15, -0.1) is 0 Å². The Kier molecular flexibility index (Phi) is 5.06. The monoisotopic (exact) mass is 434 g/mol. The summed E-state index contributed by atoms with van der Waals surface area (Å²) in [7, 11) is 0. The molecule has 5 aliphatic rings. The van der Waals surface area contributed by atoms with Crippen molar-refractivity contribution in [3.8, 4) is 0 Å². The number of piperazine rings is 1. The van der Waals surface area contributed by atoms with Crippen LogP contribution in [-0.4, -0.2) is 47.8 Å². The molecule has 1 heterocycles. The summed E-state index contributed by atoms with van der Waals surface area (Å²) in [5, 5.41) is 0.975. The molecule has 5 fully saturated rings. The van der Waals surface area contributed by atoms with Crippen LogP contribution in [0, 0.1) is 23.2 Å². The Morgan fingerprint density at radius 1 is 0.862 bits per heavy atom. The fourth-order valence-corrected chi connectivity index (χ4v) is 7.12. The third-order valence-corrected chi connectivity index (χ3v) is 8.49. The minimum Gasteiger partial charge on any atom is -0.339 e. The highest BCUT2D eigenvalue weighted by Crippen LogP contribution is 2.60. The maximum Gasteiger partial charge on any atom is 0.228 e. The summed E-state index contributed by atoms with van der Waals surface area (Å²) in [6.45, 7) is 2.57. The molecule has 29 heavy (non-hydrogen) atoms. The Morgan fingerprint density at radius 3 is 1.97 bits per heavy atom. The van der Waals surface area contributed by atoms with Crippen molar-refractivity contribution in [2.75, 3.05) is 26.2 Å². The summed E-state index contributed by atoms with van der Waals surface area (Å²) in [6.07, 6.45) is 7.69.